The lowest BCUT2D eigenvalue weighted by Gasteiger charge is -2.32. The maximum atomic E-state index is 13.2. The van der Waals surface area contributed by atoms with Crippen LogP contribution in [-0.2, 0) is 22.6 Å². The fourth-order valence-corrected chi connectivity index (χ4v) is 5.27. The van der Waals surface area contributed by atoms with Gasteiger partial charge in [-0.15, -0.1) is 0 Å². The minimum Gasteiger partial charge on any atom is -0.481 e. The number of nitrogens with zero attached hydrogens (tertiary/aromatic N) is 2. The van der Waals surface area contributed by atoms with Crippen molar-refractivity contribution in [3.8, 4) is 0 Å². The molecule has 1 fully saturated rings. The Morgan fingerprint density at radius 2 is 1.76 bits per heavy atom. The van der Waals surface area contributed by atoms with Gasteiger partial charge in [-0.1, -0.05) is 52.3 Å². The van der Waals surface area contributed by atoms with Crippen LogP contribution in [-0.4, -0.2) is 60.0 Å². The predicted molar refractivity (Wildman–Crippen MR) is 155 cm³/mol. The molecule has 0 saturated carbocycles. The van der Waals surface area contributed by atoms with Crippen molar-refractivity contribution in [3.05, 3.63) is 93.5 Å². The first-order valence-corrected chi connectivity index (χ1v) is 13.6. The van der Waals surface area contributed by atoms with E-state index in [9.17, 15) is 9.59 Å². The van der Waals surface area contributed by atoms with E-state index in [0.29, 0.717) is 17.7 Å². The lowest BCUT2D eigenvalue weighted by Crippen LogP contribution is -2.43. The normalized spacial score (nSPS) is 17.2. The molecule has 0 bridgehead atoms. The number of carboxylic acid groups (broad SMARTS) is 1. The highest BCUT2D eigenvalue weighted by atomic mass is 79.9. The number of rotatable bonds is 8. The highest BCUT2D eigenvalue weighted by Crippen LogP contribution is 2.39. The molecule has 2 heterocycles. The van der Waals surface area contributed by atoms with E-state index in [1.54, 1.807) is 0 Å². The van der Waals surface area contributed by atoms with Crippen molar-refractivity contribution in [2.24, 2.45) is 0 Å². The van der Waals surface area contributed by atoms with Gasteiger partial charge in [0.05, 0.1) is 17.0 Å². The summed E-state index contributed by atoms with van der Waals surface area (Å²) in [6.07, 6.45) is 0.470. The Bertz CT molecular complexity index is 1380. The highest BCUT2D eigenvalue weighted by molar-refractivity contribution is 9.10. The Morgan fingerprint density at radius 3 is 2.50 bits per heavy atom. The van der Waals surface area contributed by atoms with E-state index in [-0.39, 0.29) is 12.3 Å². The number of piperazine rings is 1. The third kappa shape index (κ3) is 6.15. The summed E-state index contributed by atoms with van der Waals surface area (Å²) in [5, 5.41) is 15.6. The molecule has 1 amide bonds. The molecule has 2 aliphatic rings. The molecular weight excluding hydrogens is 544 g/mol. The summed E-state index contributed by atoms with van der Waals surface area (Å²) in [6.45, 7) is 5.22. The second kappa shape index (κ2) is 11.5. The van der Waals surface area contributed by atoms with Crippen LogP contribution >= 0.6 is 15.9 Å². The van der Waals surface area contributed by atoms with E-state index in [2.05, 4.69) is 67.7 Å². The van der Waals surface area contributed by atoms with E-state index in [1.807, 2.05) is 42.5 Å². The summed E-state index contributed by atoms with van der Waals surface area (Å²) in [5.74, 6) is -1.01. The number of nitrogens with one attached hydrogen (secondary N) is 2. The molecule has 3 aromatic carbocycles. The number of hydrogen-bond acceptors (Lipinski definition) is 5. The van der Waals surface area contributed by atoms with Crippen molar-refractivity contribution in [1.29, 1.82) is 0 Å². The summed E-state index contributed by atoms with van der Waals surface area (Å²) < 4.78 is 0.888. The van der Waals surface area contributed by atoms with E-state index in [4.69, 9.17) is 5.11 Å². The second-order valence-corrected chi connectivity index (χ2v) is 10.8. The summed E-state index contributed by atoms with van der Waals surface area (Å²) in [7, 11) is 2.16. The van der Waals surface area contributed by atoms with Crippen molar-refractivity contribution in [2.45, 2.75) is 19.4 Å². The number of aryl methyl sites for hydroxylation is 1. The molecule has 3 N–H and O–H groups in total. The van der Waals surface area contributed by atoms with E-state index < -0.39 is 5.97 Å². The summed E-state index contributed by atoms with van der Waals surface area (Å²) in [5.41, 5.74) is 6.68. The molecule has 196 valence electrons. The summed E-state index contributed by atoms with van der Waals surface area (Å²) >= 11 is 3.49. The summed E-state index contributed by atoms with van der Waals surface area (Å²) in [4.78, 5) is 29.2. The highest BCUT2D eigenvalue weighted by Gasteiger charge is 2.28. The number of anilines is 2. The molecule has 5 rings (SSSR count). The minimum absolute atomic E-state index is 0.0505. The quantitative estimate of drug-likeness (QED) is 0.323. The number of hydrogen-bond donors (Lipinski definition) is 3. The van der Waals surface area contributed by atoms with Crippen LogP contribution in [0.4, 0.5) is 11.4 Å². The molecule has 38 heavy (non-hydrogen) atoms. The first-order chi connectivity index (χ1) is 18.4. The van der Waals surface area contributed by atoms with E-state index >= 15 is 0 Å². The van der Waals surface area contributed by atoms with Gasteiger partial charge in [0.25, 0.3) is 5.91 Å². The van der Waals surface area contributed by atoms with Crippen molar-refractivity contribution in [1.82, 2.24) is 9.80 Å². The topological polar surface area (TPSA) is 84.9 Å². The maximum Gasteiger partial charge on any atom is 0.303 e. The first kappa shape index (κ1) is 26.2. The van der Waals surface area contributed by atoms with Gasteiger partial charge in [0.1, 0.15) is 0 Å². The zero-order valence-electron chi connectivity index (χ0n) is 21.3. The van der Waals surface area contributed by atoms with Gasteiger partial charge in [-0.05, 0) is 60.5 Å². The molecule has 2 aliphatic heterocycles. The van der Waals surface area contributed by atoms with Gasteiger partial charge in [0.2, 0.25) is 0 Å². The molecule has 0 aromatic heterocycles. The fourth-order valence-electron chi connectivity index (χ4n) is 4.91. The maximum absolute atomic E-state index is 13.2. The van der Waals surface area contributed by atoms with E-state index in [0.717, 1.165) is 65.3 Å². The molecule has 8 heteroatoms. The third-order valence-corrected chi connectivity index (χ3v) is 7.54. The van der Waals surface area contributed by atoms with Crippen LogP contribution in [0.15, 0.2) is 71.2 Å². The van der Waals surface area contributed by atoms with E-state index in [1.165, 1.54) is 5.56 Å². The predicted octanol–water partition coefficient (Wildman–Crippen LogP) is 5.15. The summed E-state index contributed by atoms with van der Waals surface area (Å²) in [6, 6.07) is 21.9. The lowest BCUT2D eigenvalue weighted by molar-refractivity contribution is -0.137. The Kier molecular flexibility index (Phi) is 7.93. The molecule has 1 saturated heterocycles. The van der Waals surface area contributed by atoms with Crippen LogP contribution in [0.5, 0.6) is 0 Å². The number of carbonyl (C=O) groups excluding carboxylic acids is 1. The molecule has 0 aliphatic carbocycles. The lowest BCUT2D eigenvalue weighted by atomic mass is 9.97. The Balaban J connectivity index is 1.47. The second-order valence-electron chi connectivity index (χ2n) is 9.89. The SMILES string of the molecule is CN1CCN(Cc2ccc(NC(=C3C(=O)Nc4cc(Br)ccc43)c3cccc(CCC(=O)O)c3)cc2)CC1. The van der Waals surface area contributed by atoms with Gasteiger partial charge in [0, 0.05) is 54.9 Å². The smallest absolute Gasteiger partial charge is 0.303 e. The Hall–Kier alpha value is -3.46. The molecular formula is C30H31BrN4O3. The number of aliphatic carboxylic acids is 1. The number of carboxylic acids is 1. The number of benzene rings is 3. The van der Waals surface area contributed by atoms with Crippen molar-refractivity contribution in [2.75, 3.05) is 43.9 Å². The molecule has 7 nitrogen and oxygen atoms in total. The average molecular weight is 576 g/mol. The molecule has 0 unspecified atom stereocenters. The molecule has 0 radical (unpaired) electrons. The number of carbonyl (C=O) groups is 2. The van der Waals surface area contributed by atoms with Crippen molar-refractivity contribution in [3.63, 3.8) is 0 Å². The Morgan fingerprint density at radius 1 is 1.00 bits per heavy atom. The van der Waals surface area contributed by atoms with Gasteiger partial charge in [-0.3, -0.25) is 14.5 Å². The number of amides is 1. The average Bonchev–Trinajstić information content (AvgIpc) is 3.23. The standard InChI is InChI=1S/C30H31BrN4O3/c1-34-13-15-35(16-14-34)19-21-5-9-24(10-6-21)32-29(22-4-2-3-20(17-22)7-12-27(36)37)28-25-11-8-23(31)18-26(25)33-30(28)38/h2-6,8-11,17-18,32H,7,12-16,19H2,1H3,(H,33,38)(H,36,37). The zero-order valence-corrected chi connectivity index (χ0v) is 22.9. The molecule has 3 aromatic rings. The molecule has 0 atom stereocenters. The van der Waals surface area contributed by atoms with Crippen LogP contribution in [0, 0.1) is 0 Å². The number of halogens is 1. The first-order valence-electron chi connectivity index (χ1n) is 12.8. The molecule has 0 spiro atoms. The Labute approximate surface area is 231 Å². The van der Waals surface area contributed by atoms with Gasteiger partial charge in [0.15, 0.2) is 0 Å². The minimum atomic E-state index is -0.835. The fraction of sp³-hybridized carbons (Fsp3) is 0.267. The largest absolute Gasteiger partial charge is 0.481 e. The van der Waals surface area contributed by atoms with Crippen LogP contribution in [0.2, 0.25) is 0 Å². The number of likely N-dealkylation sites (N-methyl/N-ethyl adjacent to an activating group) is 1. The van der Waals surface area contributed by atoms with Gasteiger partial charge < -0.3 is 20.6 Å². The van der Waals surface area contributed by atoms with Crippen molar-refractivity contribution < 1.29 is 14.7 Å². The third-order valence-electron chi connectivity index (χ3n) is 7.04. The van der Waals surface area contributed by atoms with Crippen LogP contribution < -0.4 is 10.6 Å². The zero-order chi connectivity index (χ0) is 26.6. The van der Waals surface area contributed by atoms with Gasteiger partial charge in [-0.25, -0.2) is 0 Å². The van der Waals surface area contributed by atoms with Gasteiger partial charge >= 0.3 is 5.97 Å². The number of fused-ring (bicyclic) bond motifs is 1. The van der Waals surface area contributed by atoms with Crippen LogP contribution in [0.1, 0.15) is 28.7 Å². The van der Waals surface area contributed by atoms with Crippen LogP contribution in [0.3, 0.4) is 0 Å². The van der Waals surface area contributed by atoms with Crippen LogP contribution in [0.25, 0.3) is 11.3 Å². The van der Waals surface area contributed by atoms with Crippen molar-refractivity contribution >= 4 is 50.5 Å². The van der Waals surface area contributed by atoms with Gasteiger partial charge in [-0.2, -0.15) is 0 Å². The monoisotopic (exact) mass is 574 g/mol.